The Labute approximate surface area is 165 Å². The summed E-state index contributed by atoms with van der Waals surface area (Å²) in [6.07, 6.45) is 8.70. The van der Waals surface area contributed by atoms with Crippen LogP contribution in [0.25, 0.3) is 0 Å². The standard InChI is InChI=1S/C21H28N4OS/c1-15-9-11-16(12-10-15)14-19-23-21(27-24-19)25-13-5-8-18(25)20(26)22-17-6-3-2-4-7-17/h9-12,17-18H,2-8,13-14H2,1H3,(H,22,26)/t18-/m1/s1. The first-order valence-corrected chi connectivity index (χ1v) is 10.9. The topological polar surface area (TPSA) is 58.1 Å². The van der Waals surface area contributed by atoms with Gasteiger partial charge in [-0.2, -0.15) is 4.37 Å². The number of carbonyl (C=O) groups is 1. The van der Waals surface area contributed by atoms with Crippen molar-refractivity contribution in [1.29, 1.82) is 0 Å². The molecule has 6 heteroatoms. The fourth-order valence-corrected chi connectivity index (χ4v) is 4.90. The van der Waals surface area contributed by atoms with Crippen LogP contribution in [0.5, 0.6) is 0 Å². The van der Waals surface area contributed by atoms with Gasteiger partial charge in [0.1, 0.15) is 11.9 Å². The maximum atomic E-state index is 12.8. The van der Waals surface area contributed by atoms with Gasteiger partial charge in [-0.15, -0.1) is 0 Å². The van der Waals surface area contributed by atoms with Gasteiger partial charge in [-0.3, -0.25) is 4.79 Å². The summed E-state index contributed by atoms with van der Waals surface area (Å²) in [6.45, 7) is 2.98. The molecule has 2 fully saturated rings. The number of aryl methyl sites for hydroxylation is 1. The highest BCUT2D eigenvalue weighted by molar-refractivity contribution is 7.09. The molecule has 27 heavy (non-hydrogen) atoms. The number of aromatic nitrogens is 2. The summed E-state index contributed by atoms with van der Waals surface area (Å²) in [5.74, 6) is 1.02. The molecule has 2 aliphatic rings. The number of hydrogen-bond acceptors (Lipinski definition) is 5. The van der Waals surface area contributed by atoms with Crippen molar-refractivity contribution < 1.29 is 4.79 Å². The van der Waals surface area contributed by atoms with E-state index in [4.69, 9.17) is 4.98 Å². The zero-order valence-electron chi connectivity index (χ0n) is 16.0. The van der Waals surface area contributed by atoms with Crippen LogP contribution in [0.15, 0.2) is 24.3 Å². The van der Waals surface area contributed by atoms with E-state index in [9.17, 15) is 4.79 Å². The van der Waals surface area contributed by atoms with Gasteiger partial charge < -0.3 is 10.2 Å². The third-order valence-electron chi connectivity index (χ3n) is 5.69. The molecule has 1 N–H and O–H groups in total. The number of hydrogen-bond donors (Lipinski definition) is 1. The van der Waals surface area contributed by atoms with Crippen LogP contribution in [0.2, 0.25) is 0 Å². The molecule has 144 valence electrons. The molecule has 1 aliphatic carbocycles. The summed E-state index contributed by atoms with van der Waals surface area (Å²) in [5, 5.41) is 4.18. The van der Waals surface area contributed by atoms with E-state index in [1.54, 1.807) is 0 Å². The molecular formula is C21H28N4OS. The minimum Gasteiger partial charge on any atom is -0.352 e. The van der Waals surface area contributed by atoms with Crippen LogP contribution < -0.4 is 10.2 Å². The third-order valence-corrected chi connectivity index (χ3v) is 6.48. The summed E-state index contributed by atoms with van der Waals surface area (Å²) >= 11 is 1.42. The summed E-state index contributed by atoms with van der Waals surface area (Å²) in [7, 11) is 0. The van der Waals surface area contributed by atoms with E-state index in [0.29, 0.717) is 6.04 Å². The van der Waals surface area contributed by atoms with Crippen LogP contribution in [-0.2, 0) is 11.2 Å². The maximum Gasteiger partial charge on any atom is 0.243 e. The number of amides is 1. The van der Waals surface area contributed by atoms with E-state index in [0.717, 1.165) is 49.6 Å². The molecule has 1 aliphatic heterocycles. The first-order valence-electron chi connectivity index (χ1n) is 10.1. The average Bonchev–Trinajstić information content (AvgIpc) is 3.33. The highest BCUT2D eigenvalue weighted by atomic mass is 32.1. The molecule has 0 spiro atoms. The Balaban J connectivity index is 1.40. The lowest BCUT2D eigenvalue weighted by Gasteiger charge is -2.27. The van der Waals surface area contributed by atoms with Crippen molar-refractivity contribution in [2.24, 2.45) is 0 Å². The second kappa shape index (κ2) is 8.38. The van der Waals surface area contributed by atoms with Gasteiger partial charge in [-0.05, 0) is 38.2 Å². The van der Waals surface area contributed by atoms with Crippen molar-refractivity contribution in [2.45, 2.75) is 70.4 Å². The summed E-state index contributed by atoms with van der Waals surface area (Å²) in [4.78, 5) is 19.7. The Bertz CT molecular complexity index is 767. The molecule has 2 heterocycles. The lowest BCUT2D eigenvalue weighted by atomic mass is 9.95. The second-order valence-electron chi connectivity index (χ2n) is 7.85. The molecule has 0 radical (unpaired) electrons. The van der Waals surface area contributed by atoms with E-state index < -0.39 is 0 Å². The van der Waals surface area contributed by atoms with Crippen LogP contribution >= 0.6 is 11.5 Å². The van der Waals surface area contributed by atoms with Crippen LogP contribution in [0.3, 0.4) is 0 Å². The second-order valence-corrected chi connectivity index (χ2v) is 8.58. The Hall–Kier alpha value is -1.95. The van der Waals surface area contributed by atoms with Gasteiger partial charge in [0.2, 0.25) is 11.0 Å². The van der Waals surface area contributed by atoms with Gasteiger partial charge in [0, 0.05) is 30.5 Å². The molecule has 2 aromatic rings. The van der Waals surface area contributed by atoms with E-state index in [1.807, 2.05) is 0 Å². The zero-order chi connectivity index (χ0) is 18.6. The SMILES string of the molecule is Cc1ccc(Cc2nsc(N3CCC[C@@H]3C(=O)NC3CCCCC3)n2)cc1. The molecule has 1 amide bonds. The molecule has 4 rings (SSSR count). The minimum atomic E-state index is -0.0906. The zero-order valence-corrected chi connectivity index (χ0v) is 16.8. The van der Waals surface area contributed by atoms with E-state index in [1.165, 1.54) is 41.9 Å². The number of anilines is 1. The minimum absolute atomic E-state index is 0.0906. The lowest BCUT2D eigenvalue weighted by Crippen LogP contribution is -2.47. The smallest absolute Gasteiger partial charge is 0.243 e. The number of rotatable bonds is 5. The van der Waals surface area contributed by atoms with E-state index in [2.05, 4.69) is 45.8 Å². The van der Waals surface area contributed by atoms with Crippen molar-refractivity contribution in [1.82, 2.24) is 14.7 Å². The molecule has 1 aromatic carbocycles. The lowest BCUT2D eigenvalue weighted by molar-refractivity contribution is -0.123. The van der Waals surface area contributed by atoms with E-state index >= 15 is 0 Å². The van der Waals surface area contributed by atoms with Crippen LogP contribution in [0, 0.1) is 6.92 Å². The molecule has 1 aromatic heterocycles. The molecule has 5 nitrogen and oxygen atoms in total. The highest BCUT2D eigenvalue weighted by Gasteiger charge is 2.34. The molecule has 1 atom stereocenters. The van der Waals surface area contributed by atoms with E-state index in [-0.39, 0.29) is 11.9 Å². The summed E-state index contributed by atoms with van der Waals surface area (Å²) < 4.78 is 4.55. The van der Waals surface area contributed by atoms with Crippen molar-refractivity contribution in [3.63, 3.8) is 0 Å². The van der Waals surface area contributed by atoms with Crippen molar-refractivity contribution in [3.8, 4) is 0 Å². The predicted octanol–water partition coefficient (Wildman–Crippen LogP) is 3.86. The number of benzene rings is 1. The molecule has 0 unspecified atom stereocenters. The number of nitrogens with zero attached hydrogens (tertiary/aromatic N) is 3. The fourth-order valence-electron chi connectivity index (χ4n) is 4.13. The Kier molecular flexibility index (Phi) is 5.72. The molecule has 1 saturated carbocycles. The monoisotopic (exact) mass is 384 g/mol. The number of nitrogens with one attached hydrogen (secondary N) is 1. The Morgan fingerprint density at radius 2 is 1.93 bits per heavy atom. The van der Waals surface area contributed by atoms with Gasteiger partial charge in [-0.25, -0.2) is 4.98 Å². The van der Waals surface area contributed by atoms with Crippen molar-refractivity contribution in [2.75, 3.05) is 11.4 Å². The van der Waals surface area contributed by atoms with Gasteiger partial charge in [0.15, 0.2) is 0 Å². The largest absolute Gasteiger partial charge is 0.352 e. The first-order chi connectivity index (χ1) is 13.2. The van der Waals surface area contributed by atoms with Crippen LogP contribution in [-0.4, -0.2) is 33.9 Å². The van der Waals surface area contributed by atoms with Gasteiger partial charge in [0.05, 0.1) is 0 Å². The predicted molar refractivity (Wildman–Crippen MR) is 109 cm³/mol. The summed E-state index contributed by atoms with van der Waals surface area (Å²) in [6, 6.07) is 8.77. The van der Waals surface area contributed by atoms with Crippen molar-refractivity contribution >= 4 is 22.6 Å². The normalized spacial score (nSPS) is 20.8. The Morgan fingerprint density at radius 3 is 2.70 bits per heavy atom. The fraction of sp³-hybridized carbons (Fsp3) is 0.571. The average molecular weight is 385 g/mol. The van der Waals surface area contributed by atoms with Crippen LogP contribution in [0.4, 0.5) is 5.13 Å². The van der Waals surface area contributed by atoms with Gasteiger partial charge >= 0.3 is 0 Å². The Morgan fingerprint density at radius 1 is 1.15 bits per heavy atom. The molecular weight excluding hydrogens is 356 g/mol. The van der Waals surface area contributed by atoms with Crippen LogP contribution in [0.1, 0.15) is 61.9 Å². The van der Waals surface area contributed by atoms with Crippen molar-refractivity contribution in [3.05, 3.63) is 41.2 Å². The summed E-state index contributed by atoms with van der Waals surface area (Å²) in [5.41, 5.74) is 2.48. The molecule has 1 saturated heterocycles. The quantitative estimate of drug-likeness (QED) is 0.850. The number of carbonyl (C=O) groups excluding carboxylic acids is 1. The van der Waals surface area contributed by atoms with Gasteiger partial charge in [0.25, 0.3) is 0 Å². The maximum absolute atomic E-state index is 12.8. The molecule has 0 bridgehead atoms. The first kappa shape index (κ1) is 18.4. The third kappa shape index (κ3) is 4.49. The van der Waals surface area contributed by atoms with Gasteiger partial charge in [-0.1, -0.05) is 49.1 Å². The highest BCUT2D eigenvalue weighted by Crippen LogP contribution is 2.28.